The number of nitrogens with zero attached hydrogens (tertiary/aromatic N) is 1. The highest BCUT2D eigenvalue weighted by atomic mass is 79.9. The van der Waals surface area contributed by atoms with Crippen LogP contribution in [0.4, 0.5) is 0 Å². The number of hydrogen-bond donors (Lipinski definition) is 1. The number of rotatable bonds is 7. The van der Waals surface area contributed by atoms with Crippen LogP contribution in [0, 0.1) is 5.92 Å². The lowest BCUT2D eigenvalue weighted by Gasteiger charge is -2.32. The molecular formula is C17H25BrClNO4. The van der Waals surface area contributed by atoms with E-state index in [9.17, 15) is 9.90 Å². The van der Waals surface area contributed by atoms with E-state index in [4.69, 9.17) is 9.47 Å². The first-order chi connectivity index (χ1) is 11.1. The number of aliphatic hydroxyl groups is 1. The fourth-order valence-corrected chi connectivity index (χ4v) is 2.95. The van der Waals surface area contributed by atoms with Crippen molar-refractivity contribution in [2.45, 2.75) is 25.9 Å². The first-order valence-corrected chi connectivity index (χ1v) is 8.83. The number of esters is 1. The maximum atomic E-state index is 11.7. The molecule has 24 heavy (non-hydrogen) atoms. The molecule has 0 bridgehead atoms. The molecular weight excluding hydrogens is 398 g/mol. The second-order valence-electron chi connectivity index (χ2n) is 5.75. The maximum absolute atomic E-state index is 11.7. The Morgan fingerprint density at radius 3 is 2.54 bits per heavy atom. The van der Waals surface area contributed by atoms with E-state index in [2.05, 4.69) is 20.8 Å². The van der Waals surface area contributed by atoms with Crippen LogP contribution in [0.3, 0.4) is 0 Å². The molecule has 0 amide bonds. The molecule has 7 heteroatoms. The zero-order chi connectivity index (χ0) is 16.7. The Bertz CT molecular complexity index is 492. The van der Waals surface area contributed by atoms with Crippen molar-refractivity contribution >= 4 is 34.3 Å². The highest BCUT2D eigenvalue weighted by molar-refractivity contribution is 9.10. The van der Waals surface area contributed by atoms with Crippen molar-refractivity contribution in [1.82, 2.24) is 4.90 Å². The Morgan fingerprint density at radius 2 is 1.96 bits per heavy atom. The predicted molar refractivity (Wildman–Crippen MR) is 98.7 cm³/mol. The molecule has 1 saturated heterocycles. The number of β-amino-alcohol motifs (C(OH)–C–C–N with tert-alkyl or cyclic N) is 1. The van der Waals surface area contributed by atoms with E-state index in [-0.39, 0.29) is 30.9 Å². The third-order valence-electron chi connectivity index (χ3n) is 3.93. The van der Waals surface area contributed by atoms with E-state index in [1.807, 2.05) is 31.2 Å². The van der Waals surface area contributed by atoms with Crippen molar-refractivity contribution in [2.75, 3.05) is 32.8 Å². The topological polar surface area (TPSA) is 59.0 Å². The minimum absolute atomic E-state index is 0. The second kappa shape index (κ2) is 10.9. The number of hydrogen-bond acceptors (Lipinski definition) is 5. The van der Waals surface area contributed by atoms with Gasteiger partial charge in [0.05, 0.1) is 12.5 Å². The van der Waals surface area contributed by atoms with Gasteiger partial charge in [0.2, 0.25) is 0 Å². The predicted octanol–water partition coefficient (Wildman–Crippen LogP) is 2.89. The van der Waals surface area contributed by atoms with Gasteiger partial charge in [-0.05, 0) is 57.1 Å². The summed E-state index contributed by atoms with van der Waals surface area (Å²) < 4.78 is 11.6. The fourth-order valence-electron chi connectivity index (χ4n) is 2.69. The monoisotopic (exact) mass is 421 g/mol. The first-order valence-electron chi connectivity index (χ1n) is 8.04. The van der Waals surface area contributed by atoms with Crippen LogP contribution in [-0.2, 0) is 9.53 Å². The molecule has 2 rings (SSSR count). The molecule has 0 radical (unpaired) electrons. The van der Waals surface area contributed by atoms with E-state index < -0.39 is 6.10 Å². The lowest BCUT2D eigenvalue weighted by atomic mass is 9.97. The number of ether oxygens (including phenoxy) is 2. The van der Waals surface area contributed by atoms with Crippen LogP contribution < -0.4 is 4.74 Å². The smallest absolute Gasteiger partial charge is 0.309 e. The number of benzene rings is 1. The molecule has 1 heterocycles. The van der Waals surface area contributed by atoms with Crippen molar-refractivity contribution in [2.24, 2.45) is 5.92 Å². The lowest BCUT2D eigenvalue weighted by molar-refractivity contribution is -0.149. The summed E-state index contributed by atoms with van der Waals surface area (Å²) in [6.07, 6.45) is 1.04. The van der Waals surface area contributed by atoms with Gasteiger partial charge in [-0.15, -0.1) is 12.4 Å². The molecule has 0 spiro atoms. The zero-order valence-corrected chi connectivity index (χ0v) is 16.2. The Balaban J connectivity index is 0.00000288. The number of likely N-dealkylation sites (tertiary alicyclic amines) is 1. The molecule has 1 aliphatic heterocycles. The molecule has 1 N–H and O–H groups in total. The molecule has 1 fully saturated rings. The normalized spacial score (nSPS) is 17.0. The second-order valence-corrected chi connectivity index (χ2v) is 6.66. The standard InChI is InChI=1S/C17H24BrNO4.ClH/c1-2-22-17(21)13-7-9-19(10-8-13)11-15(20)12-23-16-5-3-14(18)4-6-16;/h3-6,13,15,20H,2,7-12H2,1H3;1H. The quantitative estimate of drug-likeness (QED) is 0.685. The SMILES string of the molecule is CCOC(=O)C1CCN(CC(O)COc2ccc(Br)cc2)CC1.Cl. The van der Waals surface area contributed by atoms with Gasteiger partial charge in [-0.3, -0.25) is 4.79 Å². The summed E-state index contributed by atoms with van der Waals surface area (Å²) in [5, 5.41) is 10.1. The molecule has 0 saturated carbocycles. The Hall–Kier alpha value is -0.820. The van der Waals surface area contributed by atoms with E-state index in [1.54, 1.807) is 0 Å². The third kappa shape index (κ3) is 6.97. The Labute approximate surface area is 157 Å². The van der Waals surface area contributed by atoms with Crippen LogP contribution in [0.5, 0.6) is 5.75 Å². The summed E-state index contributed by atoms with van der Waals surface area (Å²) >= 11 is 3.37. The molecule has 1 unspecified atom stereocenters. The van der Waals surface area contributed by atoms with E-state index >= 15 is 0 Å². The van der Waals surface area contributed by atoms with Crippen molar-refractivity contribution in [3.05, 3.63) is 28.7 Å². The molecule has 1 aromatic carbocycles. The van der Waals surface area contributed by atoms with Crippen LogP contribution in [0.1, 0.15) is 19.8 Å². The summed E-state index contributed by atoms with van der Waals surface area (Å²) in [6, 6.07) is 7.53. The molecule has 1 atom stereocenters. The highest BCUT2D eigenvalue weighted by Crippen LogP contribution is 2.19. The van der Waals surface area contributed by atoms with Gasteiger partial charge in [0.25, 0.3) is 0 Å². The average molecular weight is 423 g/mol. The van der Waals surface area contributed by atoms with Crippen LogP contribution in [0.15, 0.2) is 28.7 Å². The number of piperidine rings is 1. The molecule has 5 nitrogen and oxygen atoms in total. The van der Waals surface area contributed by atoms with Crippen LogP contribution in [0.25, 0.3) is 0 Å². The molecule has 0 aromatic heterocycles. The van der Waals surface area contributed by atoms with Gasteiger partial charge in [0.1, 0.15) is 18.5 Å². The highest BCUT2D eigenvalue weighted by Gasteiger charge is 2.26. The van der Waals surface area contributed by atoms with Gasteiger partial charge < -0.3 is 19.5 Å². The summed E-state index contributed by atoms with van der Waals surface area (Å²) in [6.45, 7) is 4.70. The van der Waals surface area contributed by atoms with Gasteiger partial charge in [0, 0.05) is 11.0 Å². The van der Waals surface area contributed by atoms with Crippen LogP contribution >= 0.6 is 28.3 Å². The van der Waals surface area contributed by atoms with Crippen LogP contribution in [0.2, 0.25) is 0 Å². The minimum Gasteiger partial charge on any atom is -0.491 e. The summed E-state index contributed by atoms with van der Waals surface area (Å²) in [4.78, 5) is 13.9. The molecule has 136 valence electrons. The average Bonchev–Trinajstić information content (AvgIpc) is 2.55. The van der Waals surface area contributed by atoms with E-state index in [0.29, 0.717) is 13.2 Å². The third-order valence-corrected chi connectivity index (χ3v) is 4.46. The Morgan fingerprint density at radius 1 is 1.33 bits per heavy atom. The number of carbonyl (C=O) groups is 1. The minimum atomic E-state index is -0.544. The molecule has 0 aliphatic carbocycles. The first kappa shape index (κ1) is 21.2. The van der Waals surface area contributed by atoms with E-state index in [1.165, 1.54) is 0 Å². The molecule has 1 aromatic rings. The largest absolute Gasteiger partial charge is 0.491 e. The van der Waals surface area contributed by atoms with E-state index in [0.717, 1.165) is 36.2 Å². The number of aliphatic hydroxyl groups excluding tert-OH is 1. The molecule has 1 aliphatic rings. The van der Waals surface area contributed by atoms with Crippen molar-refractivity contribution in [1.29, 1.82) is 0 Å². The van der Waals surface area contributed by atoms with Gasteiger partial charge in [-0.1, -0.05) is 15.9 Å². The fraction of sp³-hybridized carbons (Fsp3) is 0.588. The summed E-state index contributed by atoms with van der Waals surface area (Å²) in [5.41, 5.74) is 0. The zero-order valence-electron chi connectivity index (χ0n) is 13.8. The number of carbonyl (C=O) groups excluding carboxylic acids is 1. The maximum Gasteiger partial charge on any atom is 0.309 e. The van der Waals surface area contributed by atoms with Crippen molar-refractivity contribution < 1.29 is 19.4 Å². The van der Waals surface area contributed by atoms with Gasteiger partial charge in [-0.25, -0.2) is 0 Å². The summed E-state index contributed by atoms with van der Waals surface area (Å²) in [5.74, 6) is 0.655. The summed E-state index contributed by atoms with van der Waals surface area (Å²) in [7, 11) is 0. The van der Waals surface area contributed by atoms with Gasteiger partial charge >= 0.3 is 5.97 Å². The lowest BCUT2D eigenvalue weighted by Crippen LogP contribution is -2.42. The Kier molecular flexibility index (Phi) is 9.66. The van der Waals surface area contributed by atoms with Gasteiger partial charge in [-0.2, -0.15) is 0 Å². The van der Waals surface area contributed by atoms with Crippen molar-refractivity contribution in [3.8, 4) is 5.75 Å². The van der Waals surface area contributed by atoms with Crippen molar-refractivity contribution in [3.63, 3.8) is 0 Å². The van der Waals surface area contributed by atoms with Crippen LogP contribution in [-0.4, -0.2) is 54.9 Å². The number of halogens is 2. The van der Waals surface area contributed by atoms with Gasteiger partial charge in [0.15, 0.2) is 0 Å².